The van der Waals surface area contributed by atoms with E-state index in [1.165, 1.54) is 25.7 Å². The summed E-state index contributed by atoms with van der Waals surface area (Å²) in [6, 6.07) is 0. The number of rotatable bonds is 3. The van der Waals surface area contributed by atoms with Crippen molar-refractivity contribution in [3.63, 3.8) is 0 Å². The maximum absolute atomic E-state index is 11.8. The predicted octanol–water partition coefficient (Wildman–Crippen LogP) is 2.02. The molecule has 2 heteroatoms. The minimum Gasteiger partial charge on any atom is -0.319 e. The van der Waals surface area contributed by atoms with Crippen LogP contribution in [0.2, 0.25) is 0 Å². The number of carbonyl (C=O) groups is 1. The van der Waals surface area contributed by atoms with Crippen molar-refractivity contribution in [2.45, 2.75) is 57.4 Å². The normalized spacial score (nSPS) is 28.8. The number of ketones is 1. The molecule has 0 bridgehead atoms. The standard InChI is InChI=1S/C11H19NO/c1-10(4-2-3-5-10)8-9(13)11(12)6-7-11/h2-8,12H2,1H3. The maximum Gasteiger partial charge on any atom is 0.153 e. The fraction of sp³-hybridized carbons (Fsp3) is 0.909. The topological polar surface area (TPSA) is 43.1 Å². The van der Waals surface area contributed by atoms with Crippen molar-refractivity contribution >= 4 is 5.78 Å². The van der Waals surface area contributed by atoms with Crippen molar-refractivity contribution < 1.29 is 4.79 Å². The van der Waals surface area contributed by atoms with Crippen LogP contribution in [0.5, 0.6) is 0 Å². The fourth-order valence-electron chi connectivity index (χ4n) is 2.38. The summed E-state index contributed by atoms with van der Waals surface area (Å²) in [4.78, 5) is 11.8. The van der Waals surface area contributed by atoms with Gasteiger partial charge in [0.2, 0.25) is 0 Å². The van der Waals surface area contributed by atoms with E-state index in [1.807, 2.05) is 0 Å². The Morgan fingerprint density at radius 1 is 1.23 bits per heavy atom. The highest BCUT2D eigenvalue weighted by Crippen LogP contribution is 2.44. The van der Waals surface area contributed by atoms with Crippen LogP contribution in [-0.2, 0) is 4.79 Å². The smallest absolute Gasteiger partial charge is 0.153 e. The maximum atomic E-state index is 11.8. The summed E-state index contributed by atoms with van der Waals surface area (Å²) in [6.45, 7) is 2.24. The van der Waals surface area contributed by atoms with Gasteiger partial charge in [0, 0.05) is 6.42 Å². The first-order valence-electron chi connectivity index (χ1n) is 5.36. The molecule has 2 aliphatic rings. The Morgan fingerprint density at radius 3 is 2.23 bits per heavy atom. The molecular weight excluding hydrogens is 162 g/mol. The minimum absolute atomic E-state index is 0.284. The van der Waals surface area contributed by atoms with E-state index in [-0.39, 0.29) is 5.41 Å². The quantitative estimate of drug-likeness (QED) is 0.723. The van der Waals surface area contributed by atoms with E-state index in [0.717, 1.165) is 19.3 Å². The van der Waals surface area contributed by atoms with Crippen LogP contribution in [0.3, 0.4) is 0 Å². The second-order valence-corrected chi connectivity index (χ2v) is 5.27. The third-order valence-electron chi connectivity index (χ3n) is 3.74. The van der Waals surface area contributed by atoms with Gasteiger partial charge in [-0.25, -0.2) is 0 Å². The van der Waals surface area contributed by atoms with Crippen molar-refractivity contribution in [2.75, 3.05) is 0 Å². The summed E-state index contributed by atoms with van der Waals surface area (Å²) in [6.07, 6.45) is 7.58. The van der Waals surface area contributed by atoms with Crippen molar-refractivity contribution in [3.05, 3.63) is 0 Å². The fourth-order valence-corrected chi connectivity index (χ4v) is 2.38. The Bertz CT molecular complexity index is 224. The molecule has 13 heavy (non-hydrogen) atoms. The average Bonchev–Trinajstić information content (AvgIpc) is 2.67. The van der Waals surface area contributed by atoms with E-state index in [9.17, 15) is 4.79 Å². The van der Waals surface area contributed by atoms with Crippen LogP contribution in [0, 0.1) is 5.41 Å². The lowest BCUT2D eigenvalue weighted by Crippen LogP contribution is -2.35. The minimum atomic E-state index is -0.397. The molecule has 0 spiro atoms. The Morgan fingerprint density at radius 2 is 1.77 bits per heavy atom. The van der Waals surface area contributed by atoms with Gasteiger partial charge in [-0.1, -0.05) is 19.8 Å². The summed E-state index contributed by atoms with van der Waals surface area (Å²) >= 11 is 0. The van der Waals surface area contributed by atoms with Crippen molar-refractivity contribution in [1.29, 1.82) is 0 Å². The average molecular weight is 181 g/mol. The molecule has 2 rings (SSSR count). The zero-order chi connectivity index (χ0) is 9.53. The molecule has 0 aliphatic heterocycles. The van der Waals surface area contributed by atoms with Gasteiger partial charge in [0.15, 0.2) is 5.78 Å². The Kier molecular flexibility index (Phi) is 1.99. The molecule has 0 amide bonds. The molecule has 0 aromatic rings. The lowest BCUT2D eigenvalue weighted by molar-refractivity contribution is -0.123. The molecular formula is C11H19NO. The van der Waals surface area contributed by atoms with Crippen molar-refractivity contribution in [1.82, 2.24) is 0 Å². The van der Waals surface area contributed by atoms with Crippen LogP contribution in [0.25, 0.3) is 0 Å². The largest absolute Gasteiger partial charge is 0.319 e. The van der Waals surface area contributed by atoms with Crippen molar-refractivity contribution in [3.8, 4) is 0 Å². The number of carbonyl (C=O) groups excluding carboxylic acids is 1. The summed E-state index contributed by atoms with van der Waals surface area (Å²) < 4.78 is 0. The molecule has 2 aliphatic carbocycles. The molecule has 0 aromatic heterocycles. The number of hydrogen-bond donors (Lipinski definition) is 1. The van der Waals surface area contributed by atoms with Crippen LogP contribution in [0.4, 0.5) is 0 Å². The first-order chi connectivity index (χ1) is 6.04. The molecule has 2 nitrogen and oxygen atoms in total. The first-order valence-corrected chi connectivity index (χ1v) is 5.36. The van der Waals surface area contributed by atoms with E-state index < -0.39 is 5.54 Å². The van der Waals surface area contributed by atoms with E-state index >= 15 is 0 Å². The van der Waals surface area contributed by atoms with Gasteiger partial charge < -0.3 is 5.73 Å². The van der Waals surface area contributed by atoms with E-state index in [1.54, 1.807) is 0 Å². The summed E-state index contributed by atoms with van der Waals surface area (Å²) in [5.41, 5.74) is 5.76. The van der Waals surface area contributed by atoms with Crippen LogP contribution >= 0.6 is 0 Å². The highest BCUT2D eigenvalue weighted by atomic mass is 16.1. The lowest BCUT2D eigenvalue weighted by atomic mass is 9.81. The van der Waals surface area contributed by atoms with Gasteiger partial charge >= 0.3 is 0 Å². The van der Waals surface area contributed by atoms with Gasteiger partial charge in [0.1, 0.15) is 0 Å². The second-order valence-electron chi connectivity index (χ2n) is 5.27. The van der Waals surface area contributed by atoms with E-state index in [0.29, 0.717) is 5.78 Å². The van der Waals surface area contributed by atoms with E-state index in [4.69, 9.17) is 5.73 Å². The summed E-state index contributed by atoms with van der Waals surface area (Å²) in [7, 11) is 0. The van der Waals surface area contributed by atoms with E-state index in [2.05, 4.69) is 6.92 Å². The van der Waals surface area contributed by atoms with Crippen LogP contribution in [-0.4, -0.2) is 11.3 Å². The lowest BCUT2D eigenvalue weighted by Gasteiger charge is -2.23. The molecule has 0 aromatic carbocycles. The highest BCUT2D eigenvalue weighted by molar-refractivity contribution is 5.91. The molecule has 0 radical (unpaired) electrons. The van der Waals surface area contributed by atoms with Crippen LogP contribution in [0.15, 0.2) is 0 Å². The van der Waals surface area contributed by atoms with Crippen LogP contribution < -0.4 is 5.73 Å². The van der Waals surface area contributed by atoms with Gasteiger partial charge in [-0.2, -0.15) is 0 Å². The number of Topliss-reactive ketones (excluding diaryl/α,β-unsaturated/α-hetero) is 1. The molecule has 2 fully saturated rings. The molecule has 2 saturated carbocycles. The van der Waals surface area contributed by atoms with Gasteiger partial charge in [-0.3, -0.25) is 4.79 Å². The third-order valence-corrected chi connectivity index (χ3v) is 3.74. The highest BCUT2D eigenvalue weighted by Gasteiger charge is 2.47. The molecule has 0 saturated heterocycles. The van der Waals surface area contributed by atoms with Gasteiger partial charge in [-0.05, 0) is 31.1 Å². The molecule has 0 unspecified atom stereocenters. The Balaban J connectivity index is 1.93. The van der Waals surface area contributed by atoms with Gasteiger partial charge in [0.05, 0.1) is 5.54 Å². The SMILES string of the molecule is CC1(CC(=O)C2(N)CC2)CCCC1. The third kappa shape index (κ3) is 1.78. The monoisotopic (exact) mass is 181 g/mol. The zero-order valence-electron chi connectivity index (χ0n) is 8.44. The number of hydrogen-bond acceptors (Lipinski definition) is 2. The van der Waals surface area contributed by atoms with Gasteiger partial charge in [-0.15, -0.1) is 0 Å². The Labute approximate surface area is 79.9 Å². The molecule has 74 valence electrons. The zero-order valence-corrected chi connectivity index (χ0v) is 8.44. The molecule has 0 atom stereocenters. The molecule has 0 heterocycles. The Hall–Kier alpha value is -0.370. The molecule has 2 N–H and O–H groups in total. The van der Waals surface area contributed by atoms with Crippen LogP contribution in [0.1, 0.15) is 51.9 Å². The van der Waals surface area contributed by atoms with Gasteiger partial charge in [0.25, 0.3) is 0 Å². The second kappa shape index (κ2) is 2.81. The predicted molar refractivity (Wildman–Crippen MR) is 52.4 cm³/mol. The van der Waals surface area contributed by atoms with Crippen molar-refractivity contribution in [2.24, 2.45) is 11.1 Å². The first kappa shape index (κ1) is 9.20. The summed E-state index contributed by atoms with van der Waals surface area (Å²) in [5, 5.41) is 0. The number of nitrogens with two attached hydrogens (primary N) is 1. The summed E-state index contributed by atoms with van der Waals surface area (Å²) in [5.74, 6) is 0.317.